The Morgan fingerprint density at radius 3 is 2.58 bits per heavy atom. The monoisotopic (exact) mass is 454 g/mol. The molecule has 0 saturated carbocycles. The number of nitrogens with two attached hydrogens (primary N) is 1. The van der Waals surface area contributed by atoms with Crippen molar-refractivity contribution < 1.29 is 14.3 Å². The maximum Gasteiger partial charge on any atom is 0.269 e. The SMILES string of the molecule is COc1ccc(-c2csc(NC(=O)c3sc4nc(C(C)C)ccc4c3N)n2)cc1OC. The number of pyridine rings is 1. The van der Waals surface area contributed by atoms with Crippen LogP contribution in [0.1, 0.15) is 35.1 Å². The standard InChI is InChI=1S/C22H22N4O3S2/c1-11(2)14-7-6-13-18(23)19(31-21(13)24-14)20(27)26-22-25-15(10-30-22)12-5-8-16(28-3)17(9-12)29-4/h5-11H,23H2,1-4H3,(H,25,26,27). The van der Waals surface area contributed by atoms with Gasteiger partial charge in [-0.2, -0.15) is 0 Å². The van der Waals surface area contributed by atoms with Crippen molar-refractivity contribution in [2.75, 3.05) is 25.3 Å². The summed E-state index contributed by atoms with van der Waals surface area (Å²) in [4.78, 5) is 23.3. The molecule has 9 heteroatoms. The van der Waals surface area contributed by atoms with Crippen LogP contribution in [0.2, 0.25) is 0 Å². The van der Waals surface area contributed by atoms with Crippen LogP contribution in [0.4, 0.5) is 10.8 Å². The molecule has 0 bridgehead atoms. The Morgan fingerprint density at radius 1 is 1.10 bits per heavy atom. The third kappa shape index (κ3) is 4.06. The predicted molar refractivity (Wildman–Crippen MR) is 127 cm³/mol. The number of hydrogen-bond acceptors (Lipinski definition) is 8. The Labute approximate surface area is 187 Å². The van der Waals surface area contributed by atoms with Crippen LogP contribution in [0.5, 0.6) is 11.5 Å². The molecule has 0 aliphatic heterocycles. The Hall–Kier alpha value is -3.17. The lowest BCUT2D eigenvalue weighted by Crippen LogP contribution is -2.11. The van der Waals surface area contributed by atoms with Crippen molar-refractivity contribution in [1.29, 1.82) is 0 Å². The Kier molecular flexibility index (Phi) is 5.79. The van der Waals surface area contributed by atoms with Crippen molar-refractivity contribution in [3.63, 3.8) is 0 Å². The molecule has 0 spiro atoms. The number of nitrogens with one attached hydrogen (secondary N) is 1. The highest BCUT2D eigenvalue weighted by molar-refractivity contribution is 7.21. The second-order valence-electron chi connectivity index (χ2n) is 7.15. The summed E-state index contributed by atoms with van der Waals surface area (Å²) in [6.07, 6.45) is 0. The fourth-order valence-electron chi connectivity index (χ4n) is 3.11. The molecule has 0 atom stereocenters. The number of nitrogens with zero attached hydrogens (tertiary/aromatic N) is 2. The number of nitrogen functional groups attached to an aromatic ring is 1. The third-order valence-electron chi connectivity index (χ3n) is 4.82. The van der Waals surface area contributed by atoms with E-state index in [4.69, 9.17) is 15.2 Å². The topological polar surface area (TPSA) is 99.4 Å². The van der Waals surface area contributed by atoms with Gasteiger partial charge in [0.1, 0.15) is 9.71 Å². The lowest BCUT2D eigenvalue weighted by Gasteiger charge is -2.08. The maximum atomic E-state index is 12.9. The van der Waals surface area contributed by atoms with E-state index < -0.39 is 0 Å². The number of fused-ring (bicyclic) bond motifs is 1. The van der Waals surface area contributed by atoms with Crippen molar-refractivity contribution in [2.45, 2.75) is 19.8 Å². The van der Waals surface area contributed by atoms with Crippen LogP contribution in [-0.2, 0) is 0 Å². The van der Waals surface area contributed by atoms with Gasteiger partial charge in [0.25, 0.3) is 5.91 Å². The van der Waals surface area contributed by atoms with Crippen LogP contribution >= 0.6 is 22.7 Å². The van der Waals surface area contributed by atoms with E-state index in [1.165, 1.54) is 22.7 Å². The van der Waals surface area contributed by atoms with Gasteiger partial charge >= 0.3 is 0 Å². The molecule has 7 nitrogen and oxygen atoms in total. The number of rotatable bonds is 6. The van der Waals surface area contributed by atoms with Crippen molar-refractivity contribution in [2.24, 2.45) is 0 Å². The minimum atomic E-state index is -0.292. The molecule has 1 amide bonds. The van der Waals surface area contributed by atoms with Crippen LogP contribution < -0.4 is 20.5 Å². The summed E-state index contributed by atoms with van der Waals surface area (Å²) in [5.74, 6) is 1.27. The van der Waals surface area contributed by atoms with E-state index in [0.717, 1.165) is 27.2 Å². The molecule has 3 N–H and O–H groups in total. The van der Waals surface area contributed by atoms with Crippen LogP contribution in [0.25, 0.3) is 21.5 Å². The van der Waals surface area contributed by atoms with Gasteiger partial charge in [-0.1, -0.05) is 13.8 Å². The first kappa shape index (κ1) is 21.1. The van der Waals surface area contributed by atoms with E-state index in [0.29, 0.717) is 33.1 Å². The number of hydrogen-bond donors (Lipinski definition) is 2. The van der Waals surface area contributed by atoms with E-state index in [1.807, 2.05) is 35.7 Å². The van der Waals surface area contributed by atoms with E-state index in [2.05, 4.69) is 29.1 Å². The first-order valence-electron chi connectivity index (χ1n) is 9.59. The average Bonchev–Trinajstić information content (AvgIpc) is 3.37. The van der Waals surface area contributed by atoms with Gasteiger partial charge in [-0.05, 0) is 36.2 Å². The molecular formula is C22H22N4O3S2. The molecule has 3 aromatic heterocycles. The lowest BCUT2D eigenvalue weighted by atomic mass is 10.1. The minimum Gasteiger partial charge on any atom is -0.493 e. The number of aromatic nitrogens is 2. The molecule has 1 aromatic carbocycles. The smallest absolute Gasteiger partial charge is 0.269 e. The number of thiophene rings is 1. The van der Waals surface area contributed by atoms with E-state index >= 15 is 0 Å². The van der Waals surface area contributed by atoms with Gasteiger partial charge in [0.15, 0.2) is 16.6 Å². The first-order chi connectivity index (χ1) is 14.9. The summed E-state index contributed by atoms with van der Waals surface area (Å²) in [7, 11) is 3.18. The fraction of sp³-hybridized carbons (Fsp3) is 0.227. The van der Waals surface area contributed by atoms with Crippen LogP contribution in [-0.4, -0.2) is 30.1 Å². The van der Waals surface area contributed by atoms with Gasteiger partial charge in [-0.15, -0.1) is 22.7 Å². The number of anilines is 2. The summed E-state index contributed by atoms with van der Waals surface area (Å²) in [6, 6.07) is 9.44. The number of benzene rings is 1. The molecular weight excluding hydrogens is 432 g/mol. The van der Waals surface area contributed by atoms with Gasteiger partial charge in [0.2, 0.25) is 0 Å². The van der Waals surface area contributed by atoms with E-state index in [9.17, 15) is 4.79 Å². The summed E-state index contributed by atoms with van der Waals surface area (Å²) < 4.78 is 10.6. The number of carbonyl (C=O) groups excluding carboxylic acids is 1. The zero-order valence-corrected chi connectivity index (χ0v) is 19.2. The van der Waals surface area contributed by atoms with Gasteiger partial charge in [-0.3, -0.25) is 10.1 Å². The largest absolute Gasteiger partial charge is 0.493 e. The Balaban J connectivity index is 1.57. The second kappa shape index (κ2) is 8.52. The van der Waals surface area contributed by atoms with E-state index in [1.54, 1.807) is 14.2 Å². The Morgan fingerprint density at radius 2 is 1.87 bits per heavy atom. The average molecular weight is 455 g/mol. The lowest BCUT2D eigenvalue weighted by molar-refractivity contribution is 0.103. The van der Waals surface area contributed by atoms with Crippen LogP contribution in [0.3, 0.4) is 0 Å². The quantitative estimate of drug-likeness (QED) is 0.405. The molecule has 0 saturated heterocycles. The first-order valence-corrected chi connectivity index (χ1v) is 11.3. The van der Waals surface area contributed by atoms with Gasteiger partial charge in [0.05, 0.1) is 25.6 Å². The molecule has 0 unspecified atom stereocenters. The molecule has 0 fully saturated rings. The number of ether oxygens (including phenoxy) is 2. The highest BCUT2D eigenvalue weighted by atomic mass is 32.1. The Bertz CT molecular complexity index is 1260. The molecule has 0 radical (unpaired) electrons. The molecule has 31 heavy (non-hydrogen) atoms. The summed E-state index contributed by atoms with van der Waals surface area (Å²) >= 11 is 2.64. The molecule has 4 rings (SSSR count). The van der Waals surface area contributed by atoms with Crippen molar-refractivity contribution in [3.05, 3.63) is 46.3 Å². The normalized spacial score (nSPS) is 11.1. The molecule has 0 aliphatic carbocycles. The molecule has 160 valence electrons. The molecule has 3 heterocycles. The maximum absolute atomic E-state index is 12.9. The van der Waals surface area contributed by atoms with Gasteiger partial charge < -0.3 is 15.2 Å². The van der Waals surface area contributed by atoms with Crippen LogP contribution in [0, 0.1) is 0 Å². The fourth-order valence-corrected chi connectivity index (χ4v) is 4.83. The zero-order chi connectivity index (χ0) is 22.1. The molecule has 0 aliphatic rings. The van der Waals surface area contributed by atoms with Crippen LogP contribution in [0.15, 0.2) is 35.7 Å². The van der Waals surface area contributed by atoms with Crippen molar-refractivity contribution in [3.8, 4) is 22.8 Å². The van der Waals surface area contributed by atoms with Crippen molar-refractivity contribution >= 4 is 49.6 Å². The summed E-state index contributed by atoms with van der Waals surface area (Å²) in [6.45, 7) is 4.16. The zero-order valence-electron chi connectivity index (χ0n) is 17.6. The minimum absolute atomic E-state index is 0.292. The summed E-state index contributed by atoms with van der Waals surface area (Å²) in [5, 5.41) is 6.01. The predicted octanol–water partition coefficient (Wildman–Crippen LogP) is 5.39. The van der Waals surface area contributed by atoms with Gasteiger partial charge in [0, 0.05) is 22.0 Å². The van der Waals surface area contributed by atoms with E-state index in [-0.39, 0.29) is 5.91 Å². The number of carbonyl (C=O) groups is 1. The molecule has 4 aromatic rings. The summed E-state index contributed by atoms with van der Waals surface area (Å²) in [5.41, 5.74) is 9.25. The third-order valence-corrected chi connectivity index (χ3v) is 6.69. The van der Waals surface area contributed by atoms with Gasteiger partial charge in [-0.25, -0.2) is 9.97 Å². The number of methoxy groups -OCH3 is 2. The highest BCUT2D eigenvalue weighted by Crippen LogP contribution is 2.36. The number of thiazole rings is 1. The number of amides is 1. The van der Waals surface area contributed by atoms with Crippen molar-refractivity contribution in [1.82, 2.24) is 9.97 Å². The highest BCUT2D eigenvalue weighted by Gasteiger charge is 2.19. The second-order valence-corrected chi connectivity index (χ2v) is 9.01.